The van der Waals surface area contributed by atoms with Crippen molar-refractivity contribution in [2.45, 2.75) is 31.8 Å². The summed E-state index contributed by atoms with van der Waals surface area (Å²) in [6, 6.07) is 1.23. The smallest absolute Gasteiger partial charge is 0.348 e. The van der Waals surface area contributed by atoms with E-state index in [0.717, 1.165) is 11.3 Å². The number of hydrogen-bond donors (Lipinski definition) is 0. The number of carbonyl (C=O) groups excluding carboxylic acids is 1. The van der Waals surface area contributed by atoms with Crippen LogP contribution in [-0.2, 0) is 18.5 Å². The van der Waals surface area contributed by atoms with Crippen molar-refractivity contribution in [2.24, 2.45) is 0 Å². The van der Waals surface area contributed by atoms with Gasteiger partial charge in [-0.25, -0.2) is 13.2 Å². The number of rotatable bonds is 6. The maximum absolute atomic E-state index is 11.8. The highest BCUT2D eigenvalue weighted by molar-refractivity contribution is 8.13. The minimum absolute atomic E-state index is 0.0522. The van der Waals surface area contributed by atoms with Crippen molar-refractivity contribution in [1.82, 2.24) is 0 Å². The van der Waals surface area contributed by atoms with E-state index in [4.69, 9.17) is 20.2 Å². The van der Waals surface area contributed by atoms with E-state index in [1.807, 2.05) is 6.92 Å². The van der Waals surface area contributed by atoms with Crippen LogP contribution in [0.1, 0.15) is 28.4 Å². The van der Waals surface area contributed by atoms with Crippen molar-refractivity contribution in [2.75, 3.05) is 13.2 Å². The summed E-state index contributed by atoms with van der Waals surface area (Å²) in [5.41, 5.74) is 0. The lowest BCUT2D eigenvalue weighted by atomic mass is 10.4. The molecule has 0 fully saturated rings. The van der Waals surface area contributed by atoms with Crippen LogP contribution in [0.5, 0.6) is 0 Å². The molecule has 5 nitrogen and oxygen atoms in total. The van der Waals surface area contributed by atoms with Crippen LogP contribution < -0.4 is 0 Å². The molecule has 0 radical (unpaired) electrons. The number of hydrogen-bond acceptors (Lipinski definition) is 6. The maximum Gasteiger partial charge on any atom is 0.348 e. The minimum atomic E-state index is -3.84. The lowest BCUT2D eigenvalue weighted by Crippen LogP contribution is -2.19. The second-order valence-electron chi connectivity index (χ2n) is 3.84. The predicted molar refractivity (Wildman–Crippen MR) is 73.5 cm³/mol. The van der Waals surface area contributed by atoms with Gasteiger partial charge in [0, 0.05) is 22.2 Å². The van der Waals surface area contributed by atoms with E-state index < -0.39 is 21.1 Å². The lowest BCUT2D eigenvalue weighted by Gasteiger charge is -2.11. The van der Waals surface area contributed by atoms with Crippen LogP contribution in [0, 0.1) is 6.92 Å². The highest BCUT2D eigenvalue weighted by atomic mass is 35.7. The summed E-state index contributed by atoms with van der Waals surface area (Å²) in [5.74, 6) is -0.577. The first kappa shape index (κ1) is 16.4. The van der Waals surface area contributed by atoms with Gasteiger partial charge in [0.05, 0.1) is 11.5 Å². The Bertz CT molecular complexity index is 549. The van der Waals surface area contributed by atoms with Crippen LogP contribution in [-0.4, -0.2) is 33.7 Å². The molecule has 1 rings (SSSR count). The van der Waals surface area contributed by atoms with Gasteiger partial charge in [-0.3, -0.25) is 0 Å². The summed E-state index contributed by atoms with van der Waals surface area (Å²) >= 11 is 1.04. The van der Waals surface area contributed by atoms with Crippen LogP contribution in [0.25, 0.3) is 0 Å². The molecule has 1 atom stereocenters. The molecule has 0 saturated carbocycles. The largest absolute Gasteiger partial charge is 0.456 e. The van der Waals surface area contributed by atoms with Gasteiger partial charge in [0.1, 0.15) is 11.0 Å². The quantitative estimate of drug-likeness (QED) is 0.593. The standard InChI is InChI=1S/C11H15ClO5S2/c1-4-16-6-7(2)17-11(13)9-5-10(8(3)18-9)19(12,14)15/h5,7H,4,6H2,1-3H3. The molecule has 0 aliphatic heterocycles. The Kier molecular flexibility index (Phi) is 5.79. The van der Waals surface area contributed by atoms with Gasteiger partial charge in [-0.05, 0) is 26.8 Å². The van der Waals surface area contributed by atoms with E-state index in [9.17, 15) is 13.2 Å². The van der Waals surface area contributed by atoms with E-state index in [0.29, 0.717) is 18.1 Å². The third kappa shape index (κ3) is 4.76. The summed E-state index contributed by atoms with van der Waals surface area (Å²) in [7, 11) is 1.42. The number of ether oxygens (including phenoxy) is 2. The molecule has 1 heterocycles. The molecule has 0 saturated heterocycles. The Morgan fingerprint density at radius 2 is 2.16 bits per heavy atom. The third-order valence-corrected chi connectivity index (χ3v) is 4.81. The molecule has 1 unspecified atom stereocenters. The molecule has 0 aliphatic carbocycles. The van der Waals surface area contributed by atoms with Gasteiger partial charge in [0.2, 0.25) is 0 Å². The fraction of sp³-hybridized carbons (Fsp3) is 0.545. The van der Waals surface area contributed by atoms with Gasteiger partial charge in [0.15, 0.2) is 0 Å². The van der Waals surface area contributed by atoms with Gasteiger partial charge in [-0.1, -0.05) is 0 Å². The van der Waals surface area contributed by atoms with E-state index >= 15 is 0 Å². The minimum Gasteiger partial charge on any atom is -0.456 e. The molecule has 0 amide bonds. The van der Waals surface area contributed by atoms with Crippen LogP contribution >= 0.6 is 22.0 Å². The molecular formula is C11H15ClO5S2. The van der Waals surface area contributed by atoms with Crippen molar-refractivity contribution in [3.05, 3.63) is 15.8 Å². The topological polar surface area (TPSA) is 69.7 Å². The Hall–Kier alpha value is -0.630. The van der Waals surface area contributed by atoms with Crippen LogP contribution in [0.15, 0.2) is 11.0 Å². The third-order valence-electron chi connectivity index (χ3n) is 2.20. The first-order chi connectivity index (χ1) is 8.75. The Morgan fingerprint density at radius 1 is 1.53 bits per heavy atom. The maximum atomic E-state index is 11.8. The zero-order chi connectivity index (χ0) is 14.6. The van der Waals surface area contributed by atoms with Crippen molar-refractivity contribution < 1.29 is 22.7 Å². The second-order valence-corrected chi connectivity index (χ2v) is 7.64. The molecule has 108 valence electrons. The molecular weight excluding hydrogens is 312 g/mol. The fourth-order valence-corrected chi connectivity index (χ4v) is 3.91. The van der Waals surface area contributed by atoms with Gasteiger partial charge >= 0.3 is 5.97 Å². The highest BCUT2D eigenvalue weighted by Gasteiger charge is 2.22. The molecule has 0 aromatic carbocycles. The van der Waals surface area contributed by atoms with E-state index in [1.54, 1.807) is 13.8 Å². The molecule has 1 aromatic heterocycles. The molecule has 0 aliphatic rings. The van der Waals surface area contributed by atoms with Crippen molar-refractivity contribution in [3.63, 3.8) is 0 Å². The van der Waals surface area contributed by atoms with Gasteiger partial charge in [0.25, 0.3) is 9.05 Å². The Morgan fingerprint density at radius 3 is 2.63 bits per heavy atom. The van der Waals surface area contributed by atoms with E-state index in [2.05, 4.69) is 0 Å². The van der Waals surface area contributed by atoms with Crippen molar-refractivity contribution >= 4 is 37.0 Å². The zero-order valence-electron chi connectivity index (χ0n) is 10.8. The molecule has 0 spiro atoms. The first-order valence-electron chi connectivity index (χ1n) is 5.59. The number of halogens is 1. The monoisotopic (exact) mass is 326 g/mol. The lowest BCUT2D eigenvalue weighted by molar-refractivity contribution is 0.00483. The summed E-state index contributed by atoms with van der Waals surface area (Å²) in [6.07, 6.45) is -0.397. The summed E-state index contributed by atoms with van der Waals surface area (Å²) in [6.45, 7) is 5.96. The van der Waals surface area contributed by atoms with Gasteiger partial charge < -0.3 is 9.47 Å². The highest BCUT2D eigenvalue weighted by Crippen LogP contribution is 2.28. The summed E-state index contributed by atoms with van der Waals surface area (Å²) < 4.78 is 32.8. The van der Waals surface area contributed by atoms with Crippen LogP contribution in [0.2, 0.25) is 0 Å². The van der Waals surface area contributed by atoms with E-state index in [-0.39, 0.29) is 9.77 Å². The molecule has 0 N–H and O–H groups in total. The number of carbonyl (C=O) groups is 1. The summed E-state index contributed by atoms with van der Waals surface area (Å²) in [4.78, 5) is 12.4. The first-order valence-corrected chi connectivity index (χ1v) is 8.72. The number of thiophene rings is 1. The summed E-state index contributed by atoms with van der Waals surface area (Å²) in [5, 5.41) is 0. The van der Waals surface area contributed by atoms with Crippen LogP contribution in [0.4, 0.5) is 0 Å². The van der Waals surface area contributed by atoms with Crippen molar-refractivity contribution in [3.8, 4) is 0 Å². The Labute approximate surface area is 120 Å². The zero-order valence-corrected chi connectivity index (χ0v) is 13.2. The van der Waals surface area contributed by atoms with Crippen molar-refractivity contribution in [1.29, 1.82) is 0 Å². The molecule has 8 heteroatoms. The van der Waals surface area contributed by atoms with E-state index in [1.165, 1.54) is 6.07 Å². The number of esters is 1. The normalized spacial score (nSPS) is 13.3. The fourth-order valence-electron chi connectivity index (χ4n) is 1.37. The molecule has 0 bridgehead atoms. The predicted octanol–water partition coefficient (Wildman–Crippen LogP) is 2.57. The van der Waals surface area contributed by atoms with Gasteiger partial charge in [-0.15, -0.1) is 11.3 Å². The number of aryl methyl sites for hydroxylation is 1. The van der Waals surface area contributed by atoms with Gasteiger partial charge in [-0.2, -0.15) is 0 Å². The Balaban J connectivity index is 2.79. The average Bonchev–Trinajstić information content (AvgIpc) is 2.68. The van der Waals surface area contributed by atoms with Crippen LogP contribution in [0.3, 0.4) is 0 Å². The molecule has 19 heavy (non-hydrogen) atoms. The molecule has 1 aromatic rings. The SMILES string of the molecule is CCOCC(C)OC(=O)c1cc(S(=O)(=O)Cl)c(C)s1. The second kappa shape index (κ2) is 6.69. The average molecular weight is 327 g/mol.